The van der Waals surface area contributed by atoms with E-state index in [1.807, 2.05) is 58.2 Å². The number of ether oxygens (including phenoxy) is 1. The van der Waals surface area contributed by atoms with Crippen molar-refractivity contribution < 1.29 is 9.15 Å². The Bertz CT molecular complexity index is 1100. The van der Waals surface area contributed by atoms with Gasteiger partial charge < -0.3 is 14.1 Å². The molecule has 0 fully saturated rings. The Morgan fingerprint density at radius 3 is 2.59 bits per heavy atom. The number of anilines is 1. The first kappa shape index (κ1) is 17.4. The number of para-hydroxylation sites is 1. The predicted octanol–water partition coefficient (Wildman–Crippen LogP) is 4.98. The highest BCUT2D eigenvalue weighted by Gasteiger charge is 2.26. The molecule has 0 bridgehead atoms. The van der Waals surface area contributed by atoms with Crippen molar-refractivity contribution >= 4 is 22.2 Å². The third kappa shape index (κ3) is 3.12. The maximum absolute atomic E-state index is 12.8. The Morgan fingerprint density at radius 1 is 1.11 bits per heavy atom. The number of fused-ring (bicyclic) bond motifs is 3. The molecule has 1 aliphatic heterocycles. The lowest BCUT2D eigenvalue weighted by atomic mass is 9.96. The Balaban J connectivity index is 1.85. The molecular formula is C23H23NO3. The molecule has 0 atom stereocenters. The summed E-state index contributed by atoms with van der Waals surface area (Å²) in [6, 6.07) is 12.1. The van der Waals surface area contributed by atoms with Crippen molar-refractivity contribution in [1.82, 2.24) is 0 Å². The van der Waals surface area contributed by atoms with Crippen molar-refractivity contribution in [3.05, 3.63) is 75.3 Å². The monoisotopic (exact) mass is 361 g/mol. The lowest BCUT2D eigenvalue weighted by Crippen LogP contribution is -2.28. The van der Waals surface area contributed by atoms with Gasteiger partial charge in [0.1, 0.15) is 11.3 Å². The third-order valence-corrected chi connectivity index (χ3v) is 5.05. The van der Waals surface area contributed by atoms with E-state index in [-0.39, 0.29) is 5.63 Å². The maximum atomic E-state index is 12.8. The molecule has 2 heterocycles. The summed E-state index contributed by atoms with van der Waals surface area (Å²) in [7, 11) is 2.02. The minimum absolute atomic E-state index is 0.311. The summed E-state index contributed by atoms with van der Waals surface area (Å²) in [5, 5.41) is 0.962. The molecule has 0 unspecified atom stereocenters. The maximum Gasteiger partial charge on any atom is 0.346 e. The molecule has 4 heteroatoms. The fourth-order valence-corrected chi connectivity index (χ4v) is 3.81. The lowest BCUT2D eigenvalue weighted by molar-refractivity contribution is 0.479. The molecular weight excluding hydrogens is 338 g/mol. The van der Waals surface area contributed by atoms with Crippen molar-refractivity contribution in [3.8, 4) is 5.75 Å². The number of hydrogen-bond donors (Lipinski definition) is 0. The standard InChI is InChI=1S/C23H23NO3/c1-14-10-15(2)12-18(11-14)26-13-17-8-9-24(4)21-19-7-5-6-16(3)22(19)27-23(25)20(17)21/h5-7,10-13H,8-9H2,1-4H3/b17-13-. The molecule has 138 valence electrons. The van der Waals surface area contributed by atoms with E-state index in [0.717, 1.165) is 52.1 Å². The first-order valence-electron chi connectivity index (χ1n) is 9.16. The van der Waals surface area contributed by atoms with Crippen LogP contribution in [0.15, 0.2) is 51.9 Å². The van der Waals surface area contributed by atoms with Crippen LogP contribution in [0.5, 0.6) is 5.75 Å². The van der Waals surface area contributed by atoms with Crippen molar-refractivity contribution in [2.75, 3.05) is 18.5 Å². The highest BCUT2D eigenvalue weighted by molar-refractivity contribution is 5.98. The van der Waals surface area contributed by atoms with Crippen molar-refractivity contribution in [2.24, 2.45) is 0 Å². The minimum atomic E-state index is -0.311. The molecule has 0 saturated heterocycles. The van der Waals surface area contributed by atoms with E-state index >= 15 is 0 Å². The third-order valence-electron chi connectivity index (χ3n) is 5.05. The van der Waals surface area contributed by atoms with Gasteiger partial charge in [0.05, 0.1) is 17.5 Å². The molecule has 0 radical (unpaired) electrons. The molecule has 1 aliphatic rings. The lowest BCUT2D eigenvalue weighted by Gasteiger charge is -2.29. The van der Waals surface area contributed by atoms with Gasteiger partial charge in [-0.15, -0.1) is 0 Å². The van der Waals surface area contributed by atoms with E-state index in [9.17, 15) is 4.79 Å². The number of nitrogens with zero attached hydrogens (tertiary/aromatic N) is 1. The molecule has 0 saturated carbocycles. The van der Waals surface area contributed by atoms with Gasteiger partial charge in [-0.25, -0.2) is 4.79 Å². The van der Waals surface area contributed by atoms with Crippen LogP contribution in [0, 0.1) is 20.8 Å². The second-order valence-electron chi connectivity index (χ2n) is 7.32. The second-order valence-corrected chi connectivity index (χ2v) is 7.32. The number of benzene rings is 2. The van der Waals surface area contributed by atoms with Gasteiger partial charge in [0, 0.05) is 24.6 Å². The SMILES string of the molecule is Cc1cc(C)cc(O/C=C2/CCN(C)c3c2c(=O)oc2c(C)cccc32)c1. The largest absolute Gasteiger partial charge is 0.465 e. The van der Waals surface area contributed by atoms with Crippen LogP contribution in [-0.4, -0.2) is 13.6 Å². The Hall–Kier alpha value is -3.01. The van der Waals surface area contributed by atoms with Gasteiger partial charge in [-0.3, -0.25) is 0 Å². The summed E-state index contributed by atoms with van der Waals surface area (Å²) >= 11 is 0. The molecule has 0 spiro atoms. The van der Waals surface area contributed by atoms with Gasteiger partial charge in [-0.05, 0) is 62.1 Å². The topological polar surface area (TPSA) is 42.7 Å². The zero-order valence-electron chi connectivity index (χ0n) is 16.1. The van der Waals surface area contributed by atoms with Crippen LogP contribution >= 0.6 is 0 Å². The smallest absolute Gasteiger partial charge is 0.346 e. The quantitative estimate of drug-likeness (QED) is 0.477. The zero-order chi connectivity index (χ0) is 19.1. The summed E-state index contributed by atoms with van der Waals surface area (Å²) in [5.74, 6) is 0.779. The van der Waals surface area contributed by atoms with Gasteiger partial charge in [-0.1, -0.05) is 18.2 Å². The molecule has 4 nitrogen and oxygen atoms in total. The fourth-order valence-electron chi connectivity index (χ4n) is 3.81. The molecule has 0 aliphatic carbocycles. The molecule has 27 heavy (non-hydrogen) atoms. The van der Waals surface area contributed by atoms with E-state index in [1.54, 1.807) is 6.26 Å². The summed E-state index contributed by atoms with van der Waals surface area (Å²) in [6.45, 7) is 6.86. The average molecular weight is 361 g/mol. The van der Waals surface area contributed by atoms with Crippen molar-refractivity contribution in [3.63, 3.8) is 0 Å². The molecule has 1 aromatic heterocycles. The highest BCUT2D eigenvalue weighted by Crippen LogP contribution is 2.38. The van der Waals surface area contributed by atoms with E-state index in [1.165, 1.54) is 0 Å². The van der Waals surface area contributed by atoms with Crippen LogP contribution in [0.25, 0.3) is 16.5 Å². The Morgan fingerprint density at radius 2 is 1.85 bits per heavy atom. The Kier molecular flexibility index (Phi) is 4.27. The van der Waals surface area contributed by atoms with E-state index in [2.05, 4.69) is 11.0 Å². The fraction of sp³-hybridized carbons (Fsp3) is 0.261. The first-order chi connectivity index (χ1) is 12.9. The van der Waals surface area contributed by atoms with Crippen LogP contribution in [0.1, 0.15) is 28.7 Å². The van der Waals surface area contributed by atoms with E-state index < -0.39 is 0 Å². The summed E-state index contributed by atoms with van der Waals surface area (Å²) < 4.78 is 11.6. The van der Waals surface area contributed by atoms with Gasteiger partial charge in [0.15, 0.2) is 0 Å². The number of aryl methyl sites for hydroxylation is 3. The highest BCUT2D eigenvalue weighted by atomic mass is 16.5. The molecule has 4 rings (SSSR count). The predicted molar refractivity (Wildman–Crippen MR) is 110 cm³/mol. The normalized spacial score (nSPS) is 15.3. The first-order valence-corrected chi connectivity index (χ1v) is 9.16. The summed E-state index contributed by atoms with van der Waals surface area (Å²) in [5.41, 5.74) is 6.00. The van der Waals surface area contributed by atoms with Crippen LogP contribution in [0.3, 0.4) is 0 Å². The molecule has 3 aromatic rings. The number of rotatable bonds is 2. The van der Waals surface area contributed by atoms with Gasteiger partial charge in [0.2, 0.25) is 0 Å². The van der Waals surface area contributed by atoms with Crippen LogP contribution in [0.4, 0.5) is 5.69 Å². The van der Waals surface area contributed by atoms with Crippen LogP contribution in [0.2, 0.25) is 0 Å². The van der Waals surface area contributed by atoms with E-state index in [0.29, 0.717) is 11.1 Å². The summed E-state index contributed by atoms with van der Waals surface area (Å²) in [6.07, 6.45) is 2.44. The van der Waals surface area contributed by atoms with Crippen molar-refractivity contribution in [1.29, 1.82) is 0 Å². The zero-order valence-corrected chi connectivity index (χ0v) is 16.1. The van der Waals surface area contributed by atoms with Crippen LogP contribution in [-0.2, 0) is 0 Å². The van der Waals surface area contributed by atoms with Gasteiger partial charge >= 0.3 is 5.63 Å². The summed E-state index contributed by atoms with van der Waals surface area (Å²) in [4.78, 5) is 14.9. The average Bonchev–Trinajstić information content (AvgIpc) is 2.61. The Labute approximate surface area is 158 Å². The van der Waals surface area contributed by atoms with E-state index in [4.69, 9.17) is 9.15 Å². The van der Waals surface area contributed by atoms with Crippen molar-refractivity contribution in [2.45, 2.75) is 27.2 Å². The second kappa shape index (κ2) is 6.62. The molecule has 0 N–H and O–H groups in total. The number of hydrogen-bond acceptors (Lipinski definition) is 4. The van der Waals surface area contributed by atoms with Gasteiger partial charge in [-0.2, -0.15) is 0 Å². The minimum Gasteiger partial charge on any atom is -0.465 e. The molecule has 2 aromatic carbocycles. The van der Waals surface area contributed by atoms with Gasteiger partial charge in [0.25, 0.3) is 0 Å². The molecule has 0 amide bonds. The van der Waals surface area contributed by atoms with Crippen LogP contribution < -0.4 is 15.3 Å².